The second kappa shape index (κ2) is 9.36. The van der Waals surface area contributed by atoms with Gasteiger partial charge in [0.25, 0.3) is 0 Å². The van der Waals surface area contributed by atoms with Crippen molar-refractivity contribution in [2.75, 3.05) is 27.4 Å². The normalized spacial score (nSPS) is 12.7. The molecule has 1 aromatic heterocycles. The number of guanidine groups is 1. The van der Waals surface area contributed by atoms with E-state index in [0.717, 1.165) is 47.7 Å². The Labute approximate surface area is 176 Å². The van der Waals surface area contributed by atoms with E-state index in [4.69, 9.17) is 21.1 Å². The Balaban J connectivity index is 0.00000243. The zero-order chi connectivity index (χ0) is 17.8. The van der Waals surface area contributed by atoms with Gasteiger partial charge in [-0.2, -0.15) is 0 Å². The molecule has 1 aromatic carbocycles. The molecule has 0 unspecified atom stereocenters. The molecule has 0 atom stereocenters. The van der Waals surface area contributed by atoms with Crippen LogP contribution in [0.15, 0.2) is 35.5 Å². The number of nitrogens with zero attached hydrogens (tertiary/aromatic N) is 3. The van der Waals surface area contributed by atoms with Gasteiger partial charge in [-0.1, -0.05) is 17.7 Å². The van der Waals surface area contributed by atoms with Gasteiger partial charge >= 0.3 is 0 Å². The van der Waals surface area contributed by atoms with Crippen LogP contribution in [0, 0.1) is 0 Å². The Kier molecular flexibility index (Phi) is 7.45. The van der Waals surface area contributed by atoms with Gasteiger partial charge in [-0.25, -0.2) is 0 Å². The second-order valence-corrected chi connectivity index (χ2v) is 6.46. The molecule has 142 valence electrons. The topological polar surface area (TPSA) is 51.0 Å². The second-order valence-electron chi connectivity index (χ2n) is 6.03. The van der Waals surface area contributed by atoms with Crippen molar-refractivity contribution in [1.82, 2.24) is 14.8 Å². The monoisotopic (exact) mass is 490 g/mol. The van der Waals surface area contributed by atoms with Crippen molar-refractivity contribution in [3.05, 3.63) is 46.7 Å². The Hall–Kier alpha value is -1.61. The molecule has 1 aliphatic rings. The summed E-state index contributed by atoms with van der Waals surface area (Å²) in [5.41, 5.74) is 2.33. The van der Waals surface area contributed by atoms with E-state index in [2.05, 4.69) is 21.3 Å². The molecular weight excluding hydrogens is 467 g/mol. The summed E-state index contributed by atoms with van der Waals surface area (Å²) in [5, 5.41) is 4.14. The number of rotatable bonds is 5. The summed E-state index contributed by atoms with van der Waals surface area (Å²) in [5.74, 6) is 2.48. The Morgan fingerprint density at radius 3 is 2.77 bits per heavy atom. The first-order chi connectivity index (χ1) is 12.1. The number of aliphatic imine (C=N–C) groups is 1. The number of ether oxygens (including phenoxy) is 2. The van der Waals surface area contributed by atoms with Gasteiger partial charge in [-0.05, 0) is 30.2 Å². The summed E-state index contributed by atoms with van der Waals surface area (Å²) in [6, 6.07) is 8.02. The standard InChI is InChI=1S/C18H23ClN4O2.HI/c1-20-18(23(3)11-15-9-14(19)10-22(15)2)21-7-6-13-4-5-16-17(8-13)25-12-24-16;/h4-5,8-10H,6-7,11-12H2,1-3H3,(H,20,21);1H. The zero-order valence-electron chi connectivity index (χ0n) is 15.2. The third-order valence-corrected chi connectivity index (χ3v) is 4.39. The predicted octanol–water partition coefficient (Wildman–Crippen LogP) is 3.28. The third-order valence-electron chi connectivity index (χ3n) is 4.18. The lowest BCUT2D eigenvalue weighted by atomic mass is 10.1. The van der Waals surface area contributed by atoms with Crippen LogP contribution in [0.25, 0.3) is 0 Å². The first kappa shape index (κ1) is 20.7. The third kappa shape index (κ3) is 4.97. The van der Waals surface area contributed by atoms with Gasteiger partial charge in [0.15, 0.2) is 17.5 Å². The highest BCUT2D eigenvalue weighted by Crippen LogP contribution is 2.32. The van der Waals surface area contributed by atoms with Crippen LogP contribution in [0.4, 0.5) is 0 Å². The molecule has 2 aromatic rings. The van der Waals surface area contributed by atoms with Crippen LogP contribution in [0.3, 0.4) is 0 Å². The lowest BCUT2D eigenvalue weighted by Crippen LogP contribution is -2.39. The summed E-state index contributed by atoms with van der Waals surface area (Å²) in [6.45, 7) is 1.81. The van der Waals surface area contributed by atoms with Gasteiger partial charge in [-0.15, -0.1) is 24.0 Å². The van der Waals surface area contributed by atoms with Crippen molar-refractivity contribution < 1.29 is 9.47 Å². The van der Waals surface area contributed by atoms with Gasteiger partial charge < -0.3 is 24.3 Å². The van der Waals surface area contributed by atoms with Crippen molar-refractivity contribution in [2.45, 2.75) is 13.0 Å². The highest BCUT2D eigenvalue weighted by Gasteiger charge is 2.13. The molecular formula is C18H24ClIN4O2. The van der Waals surface area contributed by atoms with Crippen LogP contribution in [0.5, 0.6) is 11.5 Å². The number of aryl methyl sites for hydroxylation is 1. The fourth-order valence-electron chi connectivity index (χ4n) is 2.84. The van der Waals surface area contributed by atoms with Gasteiger partial charge in [0.1, 0.15) is 0 Å². The minimum Gasteiger partial charge on any atom is -0.454 e. The maximum absolute atomic E-state index is 6.05. The maximum Gasteiger partial charge on any atom is 0.231 e. The summed E-state index contributed by atoms with van der Waals surface area (Å²) in [4.78, 5) is 6.43. The van der Waals surface area contributed by atoms with Gasteiger partial charge in [0.05, 0.1) is 11.6 Å². The molecule has 0 bridgehead atoms. The number of benzene rings is 1. The largest absolute Gasteiger partial charge is 0.454 e. The molecule has 0 saturated carbocycles. The molecule has 0 radical (unpaired) electrons. The lowest BCUT2D eigenvalue weighted by Gasteiger charge is -2.22. The van der Waals surface area contributed by atoms with E-state index in [9.17, 15) is 0 Å². The van der Waals surface area contributed by atoms with Crippen LogP contribution in [-0.4, -0.2) is 42.9 Å². The highest BCUT2D eigenvalue weighted by molar-refractivity contribution is 14.0. The van der Waals surface area contributed by atoms with Crippen molar-refractivity contribution in [1.29, 1.82) is 0 Å². The first-order valence-corrected chi connectivity index (χ1v) is 8.55. The minimum atomic E-state index is 0. The maximum atomic E-state index is 6.05. The summed E-state index contributed by atoms with van der Waals surface area (Å²) in [7, 11) is 5.79. The minimum absolute atomic E-state index is 0. The Bertz CT molecular complexity index is 779. The van der Waals surface area contributed by atoms with E-state index in [1.807, 2.05) is 43.1 Å². The quantitative estimate of drug-likeness (QED) is 0.397. The molecule has 0 amide bonds. The van der Waals surface area contributed by atoms with Crippen molar-refractivity contribution >= 4 is 41.5 Å². The number of fused-ring (bicyclic) bond motifs is 1. The van der Waals surface area contributed by atoms with E-state index in [1.54, 1.807) is 7.05 Å². The molecule has 1 N–H and O–H groups in total. The zero-order valence-corrected chi connectivity index (χ0v) is 18.2. The van der Waals surface area contributed by atoms with E-state index < -0.39 is 0 Å². The molecule has 3 rings (SSSR count). The summed E-state index contributed by atoms with van der Waals surface area (Å²) in [6.07, 6.45) is 2.78. The van der Waals surface area contributed by atoms with E-state index in [-0.39, 0.29) is 24.0 Å². The Morgan fingerprint density at radius 1 is 1.31 bits per heavy atom. The van der Waals surface area contributed by atoms with E-state index in [1.165, 1.54) is 5.56 Å². The lowest BCUT2D eigenvalue weighted by molar-refractivity contribution is 0.174. The number of aromatic nitrogens is 1. The molecule has 8 heteroatoms. The molecule has 26 heavy (non-hydrogen) atoms. The molecule has 0 aliphatic carbocycles. The first-order valence-electron chi connectivity index (χ1n) is 8.18. The molecule has 0 fully saturated rings. The number of halogens is 2. The van der Waals surface area contributed by atoms with Crippen LogP contribution < -0.4 is 14.8 Å². The van der Waals surface area contributed by atoms with E-state index in [0.29, 0.717) is 6.79 Å². The van der Waals surface area contributed by atoms with E-state index >= 15 is 0 Å². The molecule has 0 spiro atoms. The number of hydrogen-bond acceptors (Lipinski definition) is 3. The van der Waals surface area contributed by atoms with Crippen LogP contribution in [-0.2, 0) is 20.0 Å². The fraction of sp³-hybridized carbons (Fsp3) is 0.389. The highest BCUT2D eigenvalue weighted by atomic mass is 127. The van der Waals surface area contributed by atoms with Gasteiger partial charge in [0.2, 0.25) is 6.79 Å². The molecule has 2 heterocycles. The number of hydrogen-bond donors (Lipinski definition) is 1. The number of nitrogens with one attached hydrogen (secondary N) is 1. The molecule has 0 saturated heterocycles. The summed E-state index contributed by atoms with van der Waals surface area (Å²) < 4.78 is 12.8. The van der Waals surface area contributed by atoms with Crippen LogP contribution in [0.1, 0.15) is 11.3 Å². The van der Waals surface area contributed by atoms with Crippen LogP contribution in [0.2, 0.25) is 5.02 Å². The van der Waals surface area contributed by atoms with Crippen LogP contribution >= 0.6 is 35.6 Å². The molecule has 6 nitrogen and oxygen atoms in total. The summed E-state index contributed by atoms with van der Waals surface area (Å²) >= 11 is 6.05. The van der Waals surface area contributed by atoms with Gasteiger partial charge in [-0.3, -0.25) is 4.99 Å². The molecule has 1 aliphatic heterocycles. The average molecular weight is 491 g/mol. The average Bonchev–Trinajstić information content (AvgIpc) is 3.17. The smallest absolute Gasteiger partial charge is 0.231 e. The SMILES string of the molecule is CN=C(NCCc1ccc2c(c1)OCO2)N(C)Cc1cc(Cl)cn1C.I. The fourth-order valence-corrected chi connectivity index (χ4v) is 3.11. The van der Waals surface area contributed by atoms with Crippen molar-refractivity contribution in [2.24, 2.45) is 12.0 Å². The Morgan fingerprint density at radius 2 is 2.08 bits per heavy atom. The van der Waals surface area contributed by atoms with Crippen molar-refractivity contribution in [3.8, 4) is 11.5 Å². The predicted molar refractivity (Wildman–Crippen MR) is 115 cm³/mol. The van der Waals surface area contributed by atoms with Gasteiger partial charge in [0, 0.05) is 39.6 Å². The van der Waals surface area contributed by atoms with Crippen molar-refractivity contribution in [3.63, 3.8) is 0 Å².